The molecular formula is C63H63N6Pt-3. The Morgan fingerprint density at radius 1 is 0.471 bits per heavy atom. The van der Waals surface area contributed by atoms with Crippen LogP contribution in [0.4, 0.5) is 57.0 Å². The van der Waals surface area contributed by atoms with E-state index in [-0.39, 0.29) is 42.7 Å². The van der Waals surface area contributed by atoms with Crippen molar-refractivity contribution in [3.8, 4) is 22.3 Å². The Labute approximate surface area is 431 Å². The van der Waals surface area contributed by atoms with Crippen LogP contribution >= 0.6 is 0 Å². The molecule has 0 amide bonds. The molecule has 2 aliphatic heterocycles. The molecule has 0 radical (unpaired) electrons. The van der Waals surface area contributed by atoms with Crippen LogP contribution in [0.5, 0.6) is 0 Å². The van der Waals surface area contributed by atoms with E-state index in [4.69, 9.17) is 4.98 Å². The zero-order chi connectivity index (χ0) is 48.6. The number of pyridine rings is 2. The number of hydrogen-bond acceptors (Lipinski definition) is 6. The fourth-order valence-corrected chi connectivity index (χ4v) is 9.44. The van der Waals surface area contributed by atoms with Gasteiger partial charge in [-0.25, -0.2) is 4.98 Å². The van der Waals surface area contributed by atoms with Gasteiger partial charge in [-0.1, -0.05) is 166 Å². The monoisotopic (exact) mass is 1100 g/mol. The van der Waals surface area contributed by atoms with Crippen molar-refractivity contribution in [2.45, 2.75) is 105 Å². The normalized spacial score (nSPS) is 13.5. The minimum Gasteiger partial charge on any atom is -0.493 e. The van der Waals surface area contributed by atoms with Crippen LogP contribution in [0.1, 0.15) is 105 Å². The van der Waals surface area contributed by atoms with Crippen molar-refractivity contribution in [2.75, 3.05) is 19.6 Å². The molecule has 4 heterocycles. The summed E-state index contributed by atoms with van der Waals surface area (Å²) in [7, 11) is 0. The van der Waals surface area contributed by atoms with Crippen LogP contribution in [0.3, 0.4) is 0 Å². The average molecular weight is 1100 g/mol. The first-order valence-electron chi connectivity index (χ1n) is 24.2. The quantitative estimate of drug-likeness (QED) is 0.155. The van der Waals surface area contributed by atoms with Crippen molar-refractivity contribution in [1.29, 1.82) is 0 Å². The molecule has 2 aromatic heterocycles. The van der Waals surface area contributed by atoms with Gasteiger partial charge in [0.1, 0.15) is 5.82 Å². The molecule has 358 valence electrons. The molecular weight excluding hydrogens is 1040 g/mol. The predicted molar refractivity (Wildman–Crippen MR) is 290 cm³/mol. The number of benzene rings is 6. The summed E-state index contributed by atoms with van der Waals surface area (Å²) in [6.07, 6.45) is 5.79. The van der Waals surface area contributed by atoms with Crippen LogP contribution in [0.2, 0.25) is 0 Å². The van der Waals surface area contributed by atoms with Crippen LogP contribution in [-0.4, -0.2) is 9.97 Å². The van der Waals surface area contributed by atoms with E-state index in [1.165, 1.54) is 22.3 Å². The fourth-order valence-electron chi connectivity index (χ4n) is 9.44. The molecule has 6 aromatic carbocycles. The summed E-state index contributed by atoms with van der Waals surface area (Å²) >= 11 is 0. The second-order valence-electron chi connectivity index (χ2n) is 22.7. The molecule has 0 aliphatic carbocycles. The van der Waals surface area contributed by atoms with Gasteiger partial charge in [0.15, 0.2) is 0 Å². The van der Waals surface area contributed by atoms with Crippen molar-refractivity contribution in [1.82, 2.24) is 9.97 Å². The summed E-state index contributed by atoms with van der Waals surface area (Å²) in [5.74, 6) is 0.822. The molecule has 0 spiro atoms. The van der Waals surface area contributed by atoms with Crippen molar-refractivity contribution in [3.63, 3.8) is 0 Å². The average Bonchev–Trinajstić information content (AvgIpc) is 3.66. The number of para-hydroxylation sites is 3. The molecule has 0 unspecified atom stereocenters. The minimum atomic E-state index is -0.192. The Morgan fingerprint density at radius 2 is 1.06 bits per heavy atom. The summed E-state index contributed by atoms with van der Waals surface area (Å²) in [6, 6.07) is 58.7. The van der Waals surface area contributed by atoms with Gasteiger partial charge in [-0.2, -0.15) is 6.07 Å². The Hall–Kier alpha value is -6.49. The van der Waals surface area contributed by atoms with Gasteiger partial charge in [0, 0.05) is 68.0 Å². The molecule has 0 bridgehead atoms. The Morgan fingerprint density at radius 3 is 1.70 bits per heavy atom. The minimum absolute atomic E-state index is 0. The topological polar surface area (TPSA) is 38.7 Å². The summed E-state index contributed by atoms with van der Waals surface area (Å²) in [6.45, 7) is 29.7. The van der Waals surface area contributed by atoms with E-state index < -0.39 is 0 Å². The zero-order valence-corrected chi connectivity index (χ0v) is 44.9. The van der Waals surface area contributed by atoms with Crippen molar-refractivity contribution in [2.24, 2.45) is 0 Å². The number of aromatic nitrogens is 2. The van der Waals surface area contributed by atoms with Crippen LogP contribution < -0.4 is 19.6 Å². The van der Waals surface area contributed by atoms with E-state index >= 15 is 0 Å². The largest absolute Gasteiger partial charge is 0.493 e. The van der Waals surface area contributed by atoms with Gasteiger partial charge in [-0.15, -0.1) is 53.8 Å². The van der Waals surface area contributed by atoms with Gasteiger partial charge in [-0.05, 0) is 98.5 Å². The standard InChI is InChI=1S/C63H63N6.Pt/c1-60(2,3)42-28-31-65-59(37-42)69-55-29-30-64-40-54(55)52-23-17-16-22-51(52)53-27-26-47(39-58(53)69)68(46-20-14-13-15-21-46)50-36-45(63(10,11)12)35-49(38-50)67-41-66(56-24-18-19-25-57(56)67)48-33-43(61(4,5)6)32-44(34-48)62(7,8)9;/h13-37,40-41H,1-12H3;/q-3;. The first-order chi connectivity index (χ1) is 32.7. The number of hydrogen-bond donors (Lipinski definition) is 0. The van der Waals surface area contributed by atoms with Gasteiger partial charge in [0.05, 0.1) is 5.69 Å². The predicted octanol–water partition coefficient (Wildman–Crippen LogP) is 17.3. The van der Waals surface area contributed by atoms with Gasteiger partial charge in [0.2, 0.25) is 0 Å². The molecule has 0 atom stereocenters. The molecule has 0 fully saturated rings. The Balaban J connectivity index is 0.00000608. The van der Waals surface area contributed by atoms with E-state index in [0.29, 0.717) is 0 Å². The van der Waals surface area contributed by atoms with Crippen molar-refractivity contribution in [3.05, 3.63) is 199 Å². The third-order valence-electron chi connectivity index (χ3n) is 13.5. The molecule has 6 nitrogen and oxygen atoms in total. The molecule has 0 saturated carbocycles. The smallest absolute Gasteiger partial charge is 0.135 e. The van der Waals surface area contributed by atoms with Crippen LogP contribution in [0.15, 0.2) is 158 Å². The van der Waals surface area contributed by atoms with Gasteiger partial charge < -0.3 is 19.6 Å². The SMILES string of the molecule is CC(C)(C)c1cc(N2[CH-]N(c3cc(C(C)(C)C)cc(C(C)(C)C)c3)c3ccccc32)[c-]c(N(c2[c-]c3c(cc2)-c2ccccc2-c2cnccc2N3c2cc(C(C)(C)C)ccn2)c2ccccc2)c1.[Pt]. The number of nitrogens with zero attached hydrogens (tertiary/aromatic N) is 6. The van der Waals surface area contributed by atoms with Crippen molar-refractivity contribution >= 4 is 57.0 Å². The molecule has 7 heteroatoms. The number of rotatable bonds is 6. The summed E-state index contributed by atoms with van der Waals surface area (Å²) in [5.41, 5.74) is 18.0. The number of anilines is 10. The maximum atomic E-state index is 5.10. The molecule has 10 rings (SSSR count). The second kappa shape index (κ2) is 18.0. The van der Waals surface area contributed by atoms with Gasteiger partial charge in [-0.3, -0.25) is 4.98 Å². The van der Waals surface area contributed by atoms with E-state index in [9.17, 15) is 0 Å². The Kier molecular flexibility index (Phi) is 12.5. The molecule has 2 aliphatic rings. The fraction of sp³-hybridized carbons (Fsp3) is 0.254. The third kappa shape index (κ3) is 9.08. The number of fused-ring (bicyclic) bond motifs is 6. The van der Waals surface area contributed by atoms with Crippen LogP contribution in [-0.2, 0) is 42.7 Å². The molecule has 70 heavy (non-hydrogen) atoms. The zero-order valence-electron chi connectivity index (χ0n) is 42.6. The summed E-state index contributed by atoms with van der Waals surface area (Å²) in [4.78, 5) is 19.0. The van der Waals surface area contributed by atoms with E-state index in [1.807, 2.05) is 18.6 Å². The summed E-state index contributed by atoms with van der Waals surface area (Å²) in [5, 5.41) is 0. The third-order valence-corrected chi connectivity index (χ3v) is 13.5. The van der Waals surface area contributed by atoms with Gasteiger partial charge >= 0.3 is 0 Å². The van der Waals surface area contributed by atoms with Crippen LogP contribution in [0, 0.1) is 18.8 Å². The van der Waals surface area contributed by atoms with Gasteiger partial charge in [0.25, 0.3) is 0 Å². The van der Waals surface area contributed by atoms with E-state index in [2.05, 4.69) is 266 Å². The Bertz CT molecular complexity index is 3190. The molecule has 0 N–H and O–H groups in total. The summed E-state index contributed by atoms with van der Waals surface area (Å²) < 4.78 is 0. The maximum absolute atomic E-state index is 5.10. The van der Waals surface area contributed by atoms with Crippen molar-refractivity contribution < 1.29 is 21.1 Å². The molecule has 8 aromatic rings. The van der Waals surface area contributed by atoms with E-state index in [0.717, 1.165) is 79.3 Å². The first kappa shape index (κ1) is 48.5. The van der Waals surface area contributed by atoms with E-state index in [1.54, 1.807) is 0 Å². The maximum Gasteiger partial charge on any atom is 0.135 e. The molecule has 0 saturated heterocycles. The first-order valence-corrected chi connectivity index (χ1v) is 24.2. The second-order valence-corrected chi connectivity index (χ2v) is 22.7. The van der Waals surface area contributed by atoms with Crippen LogP contribution in [0.25, 0.3) is 22.3 Å².